The van der Waals surface area contributed by atoms with Gasteiger partial charge < -0.3 is 25.0 Å². The third-order valence-electron chi connectivity index (χ3n) is 9.98. The summed E-state index contributed by atoms with van der Waals surface area (Å²) in [6, 6.07) is 4.67. The minimum Gasteiger partial charge on any atom is -0.473 e. The van der Waals surface area contributed by atoms with E-state index in [2.05, 4.69) is 53.7 Å². The van der Waals surface area contributed by atoms with Crippen LogP contribution in [0.25, 0.3) is 11.5 Å². The first-order chi connectivity index (χ1) is 21.8. The van der Waals surface area contributed by atoms with Crippen molar-refractivity contribution in [2.45, 2.75) is 83.3 Å². The molecule has 0 aromatic carbocycles. The van der Waals surface area contributed by atoms with Gasteiger partial charge in [-0.2, -0.15) is 10.2 Å². The van der Waals surface area contributed by atoms with Gasteiger partial charge in [-0.25, -0.2) is 4.98 Å². The highest BCUT2D eigenvalue weighted by molar-refractivity contribution is 7.16. The molecule has 242 valence electrons. The number of rotatable bonds is 10. The Bertz CT molecular complexity index is 1540. The number of fused-ring (bicyclic) bond motifs is 1. The summed E-state index contributed by atoms with van der Waals surface area (Å²) >= 11 is 1.53. The Balaban J connectivity index is 1.41. The molecule has 0 bridgehead atoms. The molecule has 0 saturated carbocycles. The van der Waals surface area contributed by atoms with Crippen LogP contribution in [0.15, 0.2) is 10.6 Å². The van der Waals surface area contributed by atoms with E-state index < -0.39 is 5.41 Å². The van der Waals surface area contributed by atoms with Gasteiger partial charge in [0.05, 0.1) is 17.6 Å². The zero-order chi connectivity index (χ0) is 31.7. The molecule has 12 heteroatoms. The van der Waals surface area contributed by atoms with E-state index in [9.17, 15) is 10.4 Å². The van der Waals surface area contributed by atoms with Crippen molar-refractivity contribution in [1.82, 2.24) is 24.9 Å². The lowest BCUT2D eigenvalue weighted by Gasteiger charge is -2.35. The van der Waals surface area contributed by atoms with Gasteiger partial charge in [0, 0.05) is 55.3 Å². The van der Waals surface area contributed by atoms with Crippen LogP contribution in [-0.4, -0.2) is 95.1 Å². The Labute approximate surface area is 270 Å². The van der Waals surface area contributed by atoms with Crippen LogP contribution in [0.2, 0.25) is 0 Å². The average molecular weight is 635 g/mol. The zero-order valence-electron chi connectivity index (χ0n) is 27.0. The lowest BCUT2D eigenvalue weighted by Crippen LogP contribution is -2.47. The smallest absolute Gasteiger partial charge is 0.219 e. The molecule has 5 heterocycles. The van der Waals surface area contributed by atoms with Gasteiger partial charge in [-0.3, -0.25) is 9.80 Å². The van der Waals surface area contributed by atoms with E-state index in [1.54, 1.807) is 0 Å². The molecular weight excluding hydrogens is 588 g/mol. The maximum atomic E-state index is 10.1. The standard InChI is InChI=1S/C33H46N8O3S/c1-5-8-22-29(38-44-30(22)33(3)11-6-10-25-28(33)23(20-34)31(35)45-25)32-36-26(41-15-13-40(14-16-41)17-18-42)19-27(37-32)43-21(2)24-9-7-12-39(24)4/h19,21,24,42H,5-18,35H2,1-4H3/t21-,24-,33-/m0/s1. The fourth-order valence-electron chi connectivity index (χ4n) is 7.60. The molecule has 45 heavy (non-hydrogen) atoms. The van der Waals surface area contributed by atoms with E-state index in [4.69, 9.17) is 25.0 Å². The molecule has 0 unspecified atom stereocenters. The van der Waals surface area contributed by atoms with E-state index in [0.29, 0.717) is 40.5 Å². The van der Waals surface area contributed by atoms with Crippen LogP contribution >= 0.6 is 11.3 Å². The Morgan fingerprint density at radius 2 is 2.04 bits per heavy atom. The highest BCUT2D eigenvalue weighted by Gasteiger charge is 2.44. The largest absolute Gasteiger partial charge is 0.473 e. The number of nitrogen functional groups attached to an aromatic ring is 1. The molecule has 6 rings (SSSR count). The molecule has 3 aromatic rings. The number of thiophene rings is 1. The minimum absolute atomic E-state index is 0.0366. The first kappa shape index (κ1) is 31.7. The number of anilines is 2. The highest BCUT2D eigenvalue weighted by atomic mass is 32.1. The van der Waals surface area contributed by atoms with Crippen molar-refractivity contribution in [3.8, 4) is 23.5 Å². The predicted molar refractivity (Wildman–Crippen MR) is 176 cm³/mol. The van der Waals surface area contributed by atoms with Crippen LogP contribution in [0.5, 0.6) is 5.88 Å². The maximum Gasteiger partial charge on any atom is 0.219 e. The lowest BCUT2D eigenvalue weighted by molar-refractivity contribution is 0.117. The van der Waals surface area contributed by atoms with E-state index >= 15 is 0 Å². The average Bonchev–Trinajstić information content (AvgIpc) is 3.74. The third-order valence-corrected chi connectivity index (χ3v) is 11.1. The zero-order valence-corrected chi connectivity index (χ0v) is 27.8. The molecule has 3 N–H and O–H groups in total. The molecule has 0 spiro atoms. The molecule has 1 aliphatic carbocycles. The van der Waals surface area contributed by atoms with E-state index in [-0.39, 0.29) is 12.7 Å². The van der Waals surface area contributed by atoms with Gasteiger partial charge in [0.25, 0.3) is 0 Å². The lowest BCUT2D eigenvalue weighted by atomic mass is 9.69. The van der Waals surface area contributed by atoms with Crippen LogP contribution in [0.4, 0.5) is 10.8 Å². The number of β-amino-alcohol motifs (C(OH)–C–C–N with tert-alkyl or cyclic N) is 1. The second kappa shape index (κ2) is 13.2. The van der Waals surface area contributed by atoms with Crippen LogP contribution in [-0.2, 0) is 18.3 Å². The van der Waals surface area contributed by atoms with Gasteiger partial charge in [0.1, 0.15) is 23.0 Å². The number of piperazine rings is 1. The predicted octanol–water partition coefficient (Wildman–Crippen LogP) is 4.22. The molecule has 2 saturated heterocycles. The number of likely N-dealkylation sites (tertiary alicyclic amines) is 1. The summed E-state index contributed by atoms with van der Waals surface area (Å²) in [7, 11) is 2.16. The monoisotopic (exact) mass is 634 g/mol. The van der Waals surface area contributed by atoms with Gasteiger partial charge >= 0.3 is 0 Å². The summed E-state index contributed by atoms with van der Waals surface area (Å²) in [5.41, 5.74) is 9.00. The van der Waals surface area contributed by atoms with Crippen molar-refractivity contribution in [2.75, 3.05) is 63.6 Å². The number of aromatic nitrogens is 3. The van der Waals surface area contributed by atoms with E-state index in [1.165, 1.54) is 22.6 Å². The number of hydrogen-bond donors (Lipinski definition) is 2. The van der Waals surface area contributed by atoms with E-state index in [1.807, 2.05) is 6.07 Å². The number of nitriles is 1. The summed E-state index contributed by atoms with van der Waals surface area (Å²) in [5.74, 6) is 2.62. The summed E-state index contributed by atoms with van der Waals surface area (Å²) in [4.78, 5) is 18.1. The van der Waals surface area contributed by atoms with Crippen LogP contribution in [0.1, 0.15) is 80.2 Å². The molecule has 3 aliphatic rings. The quantitative estimate of drug-likeness (QED) is 0.331. The molecule has 0 amide bonds. The first-order valence-corrected chi connectivity index (χ1v) is 17.2. The summed E-state index contributed by atoms with van der Waals surface area (Å²) in [6.45, 7) is 11.6. The minimum atomic E-state index is -0.524. The molecule has 2 aliphatic heterocycles. The number of nitrogens with two attached hydrogens (primary N) is 1. The fourth-order valence-corrected chi connectivity index (χ4v) is 8.80. The second-order valence-electron chi connectivity index (χ2n) is 13.0. The number of nitrogens with zero attached hydrogens (tertiary/aromatic N) is 7. The Morgan fingerprint density at radius 3 is 2.73 bits per heavy atom. The first-order valence-electron chi connectivity index (χ1n) is 16.4. The van der Waals surface area contributed by atoms with Crippen molar-refractivity contribution in [1.29, 1.82) is 5.26 Å². The molecule has 0 radical (unpaired) electrons. The second-order valence-corrected chi connectivity index (χ2v) is 14.1. The van der Waals surface area contributed by atoms with Gasteiger partial charge in [-0.15, -0.1) is 11.3 Å². The number of aliphatic hydroxyl groups is 1. The van der Waals surface area contributed by atoms with Gasteiger partial charge in [0.2, 0.25) is 5.88 Å². The SMILES string of the molecule is CCCc1c(-c2nc(O[C@@H](C)[C@@H]3CCCN3C)cc(N3CCN(CCO)CC3)n2)noc1[C@@]1(C)CCCc2sc(N)c(C#N)c21. The summed E-state index contributed by atoms with van der Waals surface area (Å²) in [6.07, 6.45) is 6.60. The van der Waals surface area contributed by atoms with Crippen molar-refractivity contribution >= 4 is 22.2 Å². The number of aryl methyl sites for hydroxylation is 1. The molecule has 11 nitrogen and oxygen atoms in total. The van der Waals surface area contributed by atoms with Gasteiger partial charge in [-0.1, -0.05) is 18.5 Å². The maximum absolute atomic E-state index is 10.1. The normalized spacial score (nSPS) is 23.2. The number of likely N-dealkylation sites (N-methyl/N-ethyl adjacent to an activating group) is 1. The van der Waals surface area contributed by atoms with Crippen molar-refractivity contribution in [3.63, 3.8) is 0 Å². The Hall–Kier alpha value is -3.24. The fraction of sp³-hybridized carbons (Fsp3) is 0.636. The summed E-state index contributed by atoms with van der Waals surface area (Å²) < 4.78 is 12.9. The van der Waals surface area contributed by atoms with Crippen molar-refractivity contribution in [2.24, 2.45) is 0 Å². The summed E-state index contributed by atoms with van der Waals surface area (Å²) in [5, 5.41) is 24.7. The Kier molecular flexibility index (Phi) is 9.34. The molecular formula is C33H46N8O3S. The van der Waals surface area contributed by atoms with Crippen LogP contribution in [0, 0.1) is 11.3 Å². The van der Waals surface area contributed by atoms with Crippen molar-refractivity contribution < 1.29 is 14.4 Å². The van der Waals surface area contributed by atoms with Gasteiger partial charge in [0.15, 0.2) is 17.3 Å². The number of aliphatic hydroxyl groups excluding tert-OH is 1. The van der Waals surface area contributed by atoms with Crippen molar-refractivity contribution in [3.05, 3.63) is 33.4 Å². The molecule has 2 fully saturated rings. The Morgan fingerprint density at radius 1 is 1.24 bits per heavy atom. The number of ether oxygens (including phenoxy) is 1. The third kappa shape index (κ3) is 6.03. The number of hydrogen-bond acceptors (Lipinski definition) is 12. The van der Waals surface area contributed by atoms with Crippen LogP contribution < -0.4 is 15.4 Å². The van der Waals surface area contributed by atoms with Crippen LogP contribution in [0.3, 0.4) is 0 Å². The molecule has 3 atom stereocenters. The van der Waals surface area contributed by atoms with E-state index in [0.717, 1.165) is 94.0 Å². The van der Waals surface area contributed by atoms with Gasteiger partial charge in [-0.05, 0) is 71.5 Å². The topological polar surface area (TPSA) is 141 Å². The molecule has 3 aromatic heterocycles. The highest BCUT2D eigenvalue weighted by Crippen LogP contribution is 2.50.